The maximum absolute atomic E-state index is 12.0. The van der Waals surface area contributed by atoms with Gasteiger partial charge in [0.25, 0.3) is 0 Å². The molecule has 2 atom stereocenters. The fraction of sp³-hybridized carbons (Fsp3) is 0.800. The lowest BCUT2D eigenvalue weighted by Crippen LogP contribution is -2.49. The highest BCUT2D eigenvalue weighted by molar-refractivity contribution is 5.79. The van der Waals surface area contributed by atoms with Crippen molar-refractivity contribution in [3.8, 4) is 0 Å². The Morgan fingerprint density at radius 1 is 1.35 bits per heavy atom. The van der Waals surface area contributed by atoms with E-state index in [1.165, 1.54) is 0 Å². The Balaban J connectivity index is 2.56. The van der Waals surface area contributed by atoms with Crippen molar-refractivity contribution < 1.29 is 28.6 Å². The number of nitrogens with zero attached hydrogens (tertiary/aromatic N) is 1. The number of rotatable bonds is 4. The average molecular weight is 251 g/mol. The second kappa shape index (κ2) is 5.79. The van der Waals surface area contributed by atoms with Crippen LogP contribution in [0.1, 0.15) is 25.7 Å². The van der Waals surface area contributed by atoms with Gasteiger partial charge in [0.15, 0.2) is 0 Å². The number of hydrogen-bond acceptors (Lipinski definition) is 2. The van der Waals surface area contributed by atoms with E-state index in [0.29, 0.717) is 6.42 Å². The van der Waals surface area contributed by atoms with Crippen LogP contribution >= 0.6 is 0 Å². The second-order valence-corrected chi connectivity index (χ2v) is 4.19. The summed E-state index contributed by atoms with van der Waals surface area (Å²) in [5, 5.41) is 17.7. The molecule has 2 N–H and O–H groups in total. The molecule has 0 spiro atoms. The summed E-state index contributed by atoms with van der Waals surface area (Å²) in [4.78, 5) is 22.5. The molecule has 0 aliphatic carbocycles. The number of piperidine rings is 1. The first-order valence-corrected chi connectivity index (χ1v) is 5.42. The molecule has 5 nitrogen and oxygen atoms in total. The number of hydrogen-bond donors (Lipinski definition) is 2. The molecule has 1 rings (SSSR count). The van der Waals surface area contributed by atoms with Crippen LogP contribution < -0.4 is 0 Å². The van der Waals surface area contributed by atoms with E-state index in [1.54, 1.807) is 0 Å². The molecule has 98 valence electrons. The van der Waals surface area contributed by atoms with Crippen LogP contribution in [0.25, 0.3) is 0 Å². The molecule has 0 bridgehead atoms. The van der Waals surface area contributed by atoms with Gasteiger partial charge in [-0.25, -0.2) is 18.4 Å². The molecule has 17 heavy (non-hydrogen) atoms. The summed E-state index contributed by atoms with van der Waals surface area (Å²) in [7, 11) is 0. The minimum atomic E-state index is -2.39. The Labute approximate surface area is 97.0 Å². The van der Waals surface area contributed by atoms with Gasteiger partial charge in [0.05, 0.1) is 0 Å². The Morgan fingerprint density at radius 2 is 2.00 bits per heavy atom. The fourth-order valence-corrected chi connectivity index (χ4v) is 2.13. The molecule has 0 aromatic rings. The predicted octanol–water partition coefficient (Wildman–Crippen LogP) is 1.87. The molecule has 1 aliphatic heterocycles. The molecular weight excluding hydrogens is 236 g/mol. The normalized spacial score (nSPS) is 25.0. The van der Waals surface area contributed by atoms with Gasteiger partial charge in [0.1, 0.15) is 6.04 Å². The van der Waals surface area contributed by atoms with E-state index in [0.717, 1.165) is 4.90 Å². The number of carboxylic acids is 1. The standard InChI is InChI=1S/C10H15F2NO4/c11-8(12)2-1-6-3-4-13(10(16)17)7(5-6)9(14)15/h6-8H,1-5H2,(H,14,15)(H,16,17). The summed E-state index contributed by atoms with van der Waals surface area (Å²) in [6.45, 7) is 0.0974. The number of carbonyl (C=O) groups is 2. The minimum absolute atomic E-state index is 0.0974. The maximum atomic E-state index is 12.0. The van der Waals surface area contributed by atoms with Crippen molar-refractivity contribution in [2.75, 3.05) is 6.54 Å². The highest BCUT2D eigenvalue weighted by Crippen LogP contribution is 2.27. The van der Waals surface area contributed by atoms with Crippen LogP contribution in [-0.4, -0.2) is 46.2 Å². The number of halogens is 2. The molecule has 0 saturated carbocycles. The largest absolute Gasteiger partial charge is 0.480 e. The highest BCUT2D eigenvalue weighted by atomic mass is 19.3. The van der Waals surface area contributed by atoms with E-state index in [4.69, 9.17) is 10.2 Å². The minimum Gasteiger partial charge on any atom is -0.480 e. The summed E-state index contributed by atoms with van der Waals surface area (Å²) in [5.41, 5.74) is 0. The Bertz CT molecular complexity index is 298. The van der Waals surface area contributed by atoms with E-state index in [-0.39, 0.29) is 31.7 Å². The lowest BCUT2D eigenvalue weighted by Gasteiger charge is -2.35. The van der Waals surface area contributed by atoms with Crippen LogP contribution in [0.5, 0.6) is 0 Å². The summed E-state index contributed by atoms with van der Waals surface area (Å²) >= 11 is 0. The molecule has 1 saturated heterocycles. The van der Waals surface area contributed by atoms with Crippen molar-refractivity contribution in [1.82, 2.24) is 4.90 Å². The molecule has 7 heteroatoms. The molecule has 0 aromatic carbocycles. The molecule has 1 fully saturated rings. The molecule has 1 aliphatic rings. The molecule has 1 heterocycles. The van der Waals surface area contributed by atoms with Gasteiger partial charge in [0, 0.05) is 13.0 Å². The van der Waals surface area contributed by atoms with Gasteiger partial charge >= 0.3 is 12.1 Å². The Hall–Kier alpha value is -1.40. The third kappa shape index (κ3) is 3.83. The Morgan fingerprint density at radius 3 is 2.47 bits per heavy atom. The summed E-state index contributed by atoms with van der Waals surface area (Å²) < 4.78 is 24.1. The van der Waals surface area contributed by atoms with E-state index < -0.39 is 24.5 Å². The van der Waals surface area contributed by atoms with E-state index >= 15 is 0 Å². The number of likely N-dealkylation sites (tertiary alicyclic amines) is 1. The van der Waals surface area contributed by atoms with Crippen LogP contribution in [0.4, 0.5) is 13.6 Å². The Kier molecular flexibility index (Phi) is 4.65. The zero-order chi connectivity index (χ0) is 13.0. The molecule has 0 aromatic heterocycles. The lowest BCUT2D eigenvalue weighted by atomic mass is 9.87. The molecule has 0 radical (unpaired) electrons. The van der Waals surface area contributed by atoms with Crippen LogP contribution in [0.15, 0.2) is 0 Å². The van der Waals surface area contributed by atoms with Crippen molar-refractivity contribution in [2.24, 2.45) is 5.92 Å². The topological polar surface area (TPSA) is 77.8 Å². The third-order valence-electron chi connectivity index (χ3n) is 3.03. The van der Waals surface area contributed by atoms with Gasteiger partial charge in [-0.1, -0.05) is 0 Å². The number of carboxylic acid groups (broad SMARTS) is 2. The van der Waals surface area contributed by atoms with Gasteiger partial charge in [0.2, 0.25) is 6.43 Å². The quantitative estimate of drug-likeness (QED) is 0.799. The second-order valence-electron chi connectivity index (χ2n) is 4.19. The first-order chi connectivity index (χ1) is 7.91. The van der Waals surface area contributed by atoms with Gasteiger partial charge < -0.3 is 10.2 Å². The van der Waals surface area contributed by atoms with Crippen molar-refractivity contribution in [3.63, 3.8) is 0 Å². The molecule has 1 amide bonds. The van der Waals surface area contributed by atoms with Gasteiger partial charge in [-0.15, -0.1) is 0 Å². The number of alkyl halides is 2. The third-order valence-corrected chi connectivity index (χ3v) is 3.03. The van der Waals surface area contributed by atoms with Gasteiger partial charge in [-0.3, -0.25) is 4.90 Å². The zero-order valence-corrected chi connectivity index (χ0v) is 9.18. The first kappa shape index (κ1) is 13.7. The number of amides is 1. The average Bonchev–Trinajstić information content (AvgIpc) is 2.25. The van der Waals surface area contributed by atoms with Crippen molar-refractivity contribution in [1.29, 1.82) is 0 Å². The van der Waals surface area contributed by atoms with E-state index in [2.05, 4.69) is 0 Å². The first-order valence-electron chi connectivity index (χ1n) is 5.42. The highest BCUT2D eigenvalue weighted by Gasteiger charge is 2.36. The van der Waals surface area contributed by atoms with E-state index in [1.807, 2.05) is 0 Å². The van der Waals surface area contributed by atoms with Gasteiger partial charge in [-0.2, -0.15) is 0 Å². The lowest BCUT2D eigenvalue weighted by molar-refractivity contribution is -0.144. The summed E-state index contributed by atoms with van der Waals surface area (Å²) in [5.74, 6) is -1.35. The smallest absolute Gasteiger partial charge is 0.408 e. The van der Waals surface area contributed by atoms with Crippen LogP contribution in [0.3, 0.4) is 0 Å². The van der Waals surface area contributed by atoms with Crippen LogP contribution in [0.2, 0.25) is 0 Å². The SMILES string of the molecule is O=C(O)C1CC(CCC(F)F)CCN1C(=O)O. The number of aliphatic carboxylic acids is 1. The van der Waals surface area contributed by atoms with Crippen molar-refractivity contribution in [2.45, 2.75) is 38.2 Å². The predicted molar refractivity (Wildman–Crippen MR) is 54.1 cm³/mol. The van der Waals surface area contributed by atoms with Crippen molar-refractivity contribution in [3.05, 3.63) is 0 Å². The fourth-order valence-electron chi connectivity index (χ4n) is 2.13. The monoisotopic (exact) mass is 251 g/mol. The van der Waals surface area contributed by atoms with Crippen molar-refractivity contribution >= 4 is 12.1 Å². The molecular formula is C10H15F2NO4. The van der Waals surface area contributed by atoms with Crippen LogP contribution in [0, 0.1) is 5.92 Å². The summed E-state index contributed by atoms with van der Waals surface area (Å²) in [6.07, 6.45) is -3.11. The van der Waals surface area contributed by atoms with Crippen LogP contribution in [-0.2, 0) is 4.79 Å². The molecule has 2 unspecified atom stereocenters. The van der Waals surface area contributed by atoms with E-state index in [9.17, 15) is 18.4 Å². The zero-order valence-electron chi connectivity index (χ0n) is 9.18. The van der Waals surface area contributed by atoms with Gasteiger partial charge in [-0.05, 0) is 25.2 Å². The summed E-state index contributed by atoms with van der Waals surface area (Å²) in [6, 6.07) is -1.11. The maximum Gasteiger partial charge on any atom is 0.408 e.